The molecule has 144 valence electrons. The highest BCUT2D eigenvalue weighted by Crippen LogP contribution is 2.29. The number of ether oxygens (including phenoxy) is 2. The molecule has 0 fully saturated rings. The molecule has 7 nitrogen and oxygen atoms in total. The zero-order valence-electron chi connectivity index (χ0n) is 15.5. The molecule has 0 atom stereocenters. The fourth-order valence-corrected chi connectivity index (χ4v) is 2.68. The van der Waals surface area contributed by atoms with Crippen LogP contribution in [0.1, 0.15) is 16.2 Å². The number of aromatic nitrogens is 2. The van der Waals surface area contributed by atoms with Gasteiger partial charge in [-0.2, -0.15) is 5.10 Å². The number of nitrogens with one attached hydrogen (secondary N) is 1. The van der Waals surface area contributed by atoms with Gasteiger partial charge in [-0.15, -0.1) is 0 Å². The van der Waals surface area contributed by atoms with Crippen LogP contribution in [0, 0.1) is 12.7 Å². The molecule has 1 heterocycles. The molecule has 0 aliphatic heterocycles. The maximum atomic E-state index is 14.1. The molecule has 0 aliphatic rings. The van der Waals surface area contributed by atoms with E-state index in [-0.39, 0.29) is 11.4 Å². The zero-order valence-corrected chi connectivity index (χ0v) is 15.5. The lowest BCUT2D eigenvalue weighted by Gasteiger charge is -2.13. The third-order valence-electron chi connectivity index (χ3n) is 4.04. The summed E-state index contributed by atoms with van der Waals surface area (Å²) < 4.78 is 25.7. The number of halogens is 1. The van der Waals surface area contributed by atoms with Crippen molar-refractivity contribution in [1.82, 2.24) is 9.78 Å². The first-order chi connectivity index (χ1) is 13.4. The van der Waals surface area contributed by atoms with Crippen LogP contribution >= 0.6 is 0 Å². The van der Waals surface area contributed by atoms with Gasteiger partial charge in [0.2, 0.25) is 5.43 Å². The van der Waals surface area contributed by atoms with Crippen LogP contribution in [0.25, 0.3) is 5.69 Å². The number of benzene rings is 2. The van der Waals surface area contributed by atoms with E-state index in [4.69, 9.17) is 9.47 Å². The second-order valence-electron chi connectivity index (χ2n) is 5.89. The van der Waals surface area contributed by atoms with Crippen LogP contribution in [-0.4, -0.2) is 29.9 Å². The SMILES string of the molecule is COc1ccc(NC(=O)c2nn(-c3ccccc3F)c(C)cc2=O)cc1OC. The summed E-state index contributed by atoms with van der Waals surface area (Å²) in [5.41, 5.74) is 0.00602. The number of para-hydroxylation sites is 1. The Morgan fingerprint density at radius 1 is 1.07 bits per heavy atom. The second kappa shape index (κ2) is 7.91. The van der Waals surface area contributed by atoms with E-state index in [1.807, 2.05) is 0 Å². The van der Waals surface area contributed by atoms with Gasteiger partial charge >= 0.3 is 0 Å². The highest BCUT2D eigenvalue weighted by Gasteiger charge is 2.17. The predicted molar refractivity (Wildman–Crippen MR) is 102 cm³/mol. The molecule has 8 heteroatoms. The number of nitrogens with zero attached hydrogens (tertiary/aromatic N) is 2. The Labute approximate surface area is 160 Å². The lowest BCUT2D eigenvalue weighted by Crippen LogP contribution is -2.27. The monoisotopic (exact) mass is 383 g/mol. The topological polar surface area (TPSA) is 82.5 Å². The van der Waals surface area contributed by atoms with Crippen molar-refractivity contribution in [2.24, 2.45) is 0 Å². The number of carbonyl (C=O) groups is 1. The number of methoxy groups -OCH3 is 2. The smallest absolute Gasteiger partial charge is 0.280 e. The normalized spacial score (nSPS) is 10.4. The van der Waals surface area contributed by atoms with Gasteiger partial charge in [-0.25, -0.2) is 9.07 Å². The number of aryl methyl sites for hydroxylation is 1. The highest BCUT2D eigenvalue weighted by molar-refractivity contribution is 6.02. The summed E-state index contributed by atoms with van der Waals surface area (Å²) in [6, 6.07) is 12.0. The van der Waals surface area contributed by atoms with Crippen molar-refractivity contribution in [2.75, 3.05) is 19.5 Å². The third-order valence-corrected chi connectivity index (χ3v) is 4.04. The van der Waals surface area contributed by atoms with Gasteiger partial charge in [0.05, 0.1) is 14.2 Å². The van der Waals surface area contributed by atoms with Crippen molar-refractivity contribution in [2.45, 2.75) is 6.92 Å². The number of hydrogen-bond donors (Lipinski definition) is 1. The molecule has 0 aliphatic carbocycles. The molecule has 0 radical (unpaired) electrons. The average molecular weight is 383 g/mol. The first kappa shape index (κ1) is 19.1. The first-order valence-corrected chi connectivity index (χ1v) is 8.34. The number of rotatable bonds is 5. The second-order valence-corrected chi connectivity index (χ2v) is 5.89. The minimum Gasteiger partial charge on any atom is -0.493 e. The summed E-state index contributed by atoms with van der Waals surface area (Å²) in [6.45, 7) is 1.61. The Kier molecular flexibility index (Phi) is 5.39. The van der Waals surface area contributed by atoms with Crippen LogP contribution in [0.5, 0.6) is 11.5 Å². The Morgan fingerprint density at radius 2 is 1.79 bits per heavy atom. The third kappa shape index (κ3) is 3.71. The van der Waals surface area contributed by atoms with E-state index in [2.05, 4.69) is 10.4 Å². The molecule has 3 rings (SSSR count). The summed E-state index contributed by atoms with van der Waals surface area (Å²) in [6.07, 6.45) is 0. The molecule has 0 unspecified atom stereocenters. The van der Waals surface area contributed by atoms with E-state index in [1.165, 1.54) is 37.1 Å². The highest BCUT2D eigenvalue weighted by atomic mass is 19.1. The van der Waals surface area contributed by atoms with Crippen molar-refractivity contribution in [3.05, 3.63) is 76.0 Å². The minimum atomic E-state index is -0.720. The van der Waals surface area contributed by atoms with Gasteiger partial charge < -0.3 is 14.8 Å². The van der Waals surface area contributed by atoms with Crippen LogP contribution in [0.3, 0.4) is 0 Å². The molecule has 28 heavy (non-hydrogen) atoms. The molecule has 2 aromatic carbocycles. The lowest BCUT2D eigenvalue weighted by atomic mass is 10.2. The van der Waals surface area contributed by atoms with Gasteiger partial charge in [-0.05, 0) is 31.2 Å². The molecule has 0 bridgehead atoms. The van der Waals surface area contributed by atoms with Gasteiger partial charge in [0.25, 0.3) is 5.91 Å². The Bertz CT molecular complexity index is 1100. The van der Waals surface area contributed by atoms with Gasteiger partial charge in [-0.1, -0.05) is 12.1 Å². The number of hydrogen-bond acceptors (Lipinski definition) is 5. The van der Waals surface area contributed by atoms with Crippen molar-refractivity contribution >= 4 is 11.6 Å². The van der Waals surface area contributed by atoms with E-state index in [0.29, 0.717) is 22.9 Å². The summed E-state index contributed by atoms with van der Waals surface area (Å²) in [7, 11) is 2.97. The van der Waals surface area contributed by atoms with Gasteiger partial charge in [0, 0.05) is 23.5 Å². The molecule has 0 saturated heterocycles. The summed E-state index contributed by atoms with van der Waals surface area (Å²) in [5.74, 6) is -0.327. The van der Waals surface area contributed by atoms with E-state index in [0.717, 1.165) is 0 Å². The Hall–Kier alpha value is -3.68. The summed E-state index contributed by atoms with van der Waals surface area (Å²) in [5, 5.41) is 6.67. The van der Waals surface area contributed by atoms with Crippen molar-refractivity contribution in [1.29, 1.82) is 0 Å². The quantitative estimate of drug-likeness (QED) is 0.733. The van der Waals surface area contributed by atoms with Crippen LogP contribution in [0.2, 0.25) is 0 Å². The van der Waals surface area contributed by atoms with E-state index < -0.39 is 17.2 Å². The molecule has 1 N–H and O–H groups in total. The van der Waals surface area contributed by atoms with Crippen LogP contribution in [0.15, 0.2) is 53.3 Å². The van der Waals surface area contributed by atoms with E-state index in [1.54, 1.807) is 37.3 Å². The average Bonchev–Trinajstić information content (AvgIpc) is 2.68. The van der Waals surface area contributed by atoms with Gasteiger partial charge in [-0.3, -0.25) is 9.59 Å². The summed E-state index contributed by atoms with van der Waals surface area (Å²) in [4.78, 5) is 24.9. The van der Waals surface area contributed by atoms with E-state index in [9.17, 15) is 14.0 Å². The van der Waals surface area contributed by atoms with Crippen molar-refractivity contribution in [3.8, 4) is 17.2 Å². The first-order valence-electron chi connectivity index (χ1n) is 8.34. The Balaban J connectivity index is 1.98. The molecule has 0 spiro atoms. The van der Waals surface area contributed by atoms with Crippen LogP contribution in [0.4, 0.5) is 10.1 Å². The molecule has 3 aromatic rings. The predicted octanol–water partition coefficient (Wildman–Crippen LogP) is 2.95. The minimum absolute atomic E-state index is 0.139. The zero-order chi connectivity index (χ0) is 20.3. The maximum Gasteiger partial charge on any atom is 0.280 e. The standard InChI is InChI=1S/C20H18FN3O4/c1-12-10-16(25)19(23-24(12)15-7-5-4-6-14(15)21)20(26)22-13-8-9-17(27-2)18(11-13)28-3/h4-11H,1-3H3,(H,22,26). The fraction of sp³-hybridized carbons (Fsp3) is 0.150. The van der Waals surface area contributed by atoms with Crippen molar-refractivity contribution < 1.29 is 18.7 Å². The summed E-state index contributed by atoms with van der Waals surface area (Å²) >= 11 is 0. The van der Waals surface area contributed by atoms with E-state index >= 15 is 0 Å². The van der Waals surface area contributed by atoms with Crippen molar-refractivity contribution in [3.63, 3.8) is 0 Å². The molecule has 1 amide bonds. The number of amides is 1. The van der Waals surface area contributed by atoms with Gasteiger partial charge in [0.1, 0.15) is 11.5 Å². The fourth-order valence-electron chi connectivity index (χ4n) is 2.68. The molecular weight excluding hydrogens is 365 g/mol. The number of anilines is 1. The largest absolute Gasteiger partial charge is 0.493 e. The Morgan fingerprint density at radius 3 is 2.46 bits per heavy atom. The van der Waals surface area contributed by atoms with Crippen LogP contribution < -0.4 is 20.2 Å². The van der Waals surface area contributed by atoms with Crippen LogP contribution in [-0.2, 0) is 0 Å². The number of carbonyl (C=O) groups excluding carboxylic acids is 1. The molecule has 1 aromatic heterocycles. The molecule has 0 saturated carbocycles. The maximum absolute atomic E-state index is 14.1. The molecular formula is C20H18FN3O4. The lowest BCUT2D eigenvalue weighted by molar-refractivity contribution is 0.101. The van der Waals surface area contributed by atoms with Gasteiger partial charge in [0.15, 0.2) is 17.2 Å².